The molecule has 1 N–H and O–H groups in total. The Kier molecular flexibility index (Phi) is 6.75. The van der Waals surface area contributed by atoms with Gasteiger partial charge >= 0.3 is 6.18 Å². The smallest absolute Gasteiger partial charge is 0.418 e. The molecule has 3 rings (SSSR count). The molecular weight excluding hydrogens is 439 g/mol. The number of methoxy groups -OCH3 is 2. The maximum atomic E-state index is 13.5. The Morgan fingerprint density at radius 1 is 1.09 bits per heavy atom. The van der Waals surface area contributed by atoms with E-state index in [0.29, 0.717) is 17.1 Å². The van der Waals surface area contributed by atoms with Crippen LogP contribution in [0.1, 0.15) is 40.3 Å². The molecule has 0 saturated carbocycles. The van der Waals surface area contributed by atoms with E-state index in [1.165, 1.54) is 39.3 Å². The molecular formula is C23H22F3N3O4. The van der Waals surface area contributed by atoms with Gasteiger partial charge in [0.25, 0.3) is 5.91 Å². The Bertz CT molecular complexity index is 1240. The van der Waals surface area contributed by atoms with E-state index in [0.717, 1.165) is 16.8 Å². The second kappa shape index (κ2) is 9.35. The van der Waals surface area contributed by atoms with Crippen LogP contribution in [-0.4, -0.2) is 29.9 Å². The number of hydrogen-bond acceptors (Lipinski definition) is 5. The lowest BCUT2D eigenvalue weighted by Crippen LogP contribution is -2.34. The van der Waals surface area contributed by atoms with Gasteiger partial charge in [-0.15, -0.1) is 0 Å². The predicted molar refractivity (Wildman–Crippen MR) is 115 cm³/mol. The molecule has 0 spiro atoms. The molecule has 0 aliphatic rings. The molecule has 1 aromatic heterocycles. The summed E-state index contributed by atoms with van der Waals surface area (Å²) >= 11 is 0. The molecule has 3 aromatic rings. The fourth-order valence-corrected chi connectivity index (χ4v) is 3.37. The van der Waals surface area contributed by atoms with E-state index in [1.807, 2.05) is 0 Å². The average molecular weight is 461 g/mol. The molecule has 10 heteroatoms. The van der Waals surface area contributed by atoms with Crippen molar-refractivity contribution in [1.82, 2.24) is 15.1 Å². The van der Waals surface area contributed by atoms with E-state index in [2.05, 4.69) is 10.4 Å². The van der Waals surface area contributed by atoms with E-state index >= 15 is 0 Å². The number of amides is 1. The first-order valence-electron chi connectivity index (χ1n) is 9.87. The first kappa shape index (κ1) is 23.8. The number of benzene rings is 2. The minimum Gasteiger partial charge on any atom is -0.497 e. The number of halogens is 3. The van der Waals surface area contributed by atoms with Gasteiger partial charge in [0.2, 0.25) is 5.43 Å². The van der Waals surface area contributed by atoms with Crippen LogP contribution < -0.4 is 20.2 Å². The third-order valence-corrected chi connectivity index (χ3v) is 5.01. The highest BCUT2D eigenvalue weighted by Gasteiger charge is 2.34. The number of aromatic nitrogens is 2. The number of nitrogens with one attached hydrogen (secondary N) is 1. The summed E-state index contributed by atoms with van der Waals surface area (Å²) in [6, 6.07) is 10.3. The fraction of sp³-hybridized carbons (Fsp3) is 0.261. The summed E-state index contributed by atoms with van der Waals surface area (Å²) in [5.41, 5.74) is -1.75. The van der Waals surface area contributed by atoms with Crippen molar-refractivity contribution >= 4 is 5.91 Å². The van der Waals surface area contributed by atoms with Gasteiger partial charge in [-0.25, -0.2) is 4.68 Å². The Morgan fingerprint density at radius 3 is 2.42 bits per heavy atom. The SMILES string of the molecule is COc1ccc(OC)c(C(C)NC(=O)c2nn(-c3ccccc3C(F)(F)F)c(C)cc2=O)c1. The molecule has 7 nitrogen and oxygen atoms in total. The number of hydrogen-bond donors (Lipinski definition) is 1. The number of para-hydroxylation sites is 1. The van der Waals surface area contributed by atoms with Crippen molar-refractivity contribution in [2.45, 2.75) is 26.1 Å². The molecule has 2 aromatic carbocycles. The zero-order chi connectivity index (χ0) is 24.3. The first-order chi connectivity index (χ1) is 15.6. The third kappa shape index (κ3) is 5.00. The van der Waals surface area contributed by atoms with Crippen molar-refractivity contribution in [3.05, 3.63) is 81.3 Å². The van der Waals surface area contributed by atoms with Crippen LogP contribution >= 0.6 is 0 Å². The zero-order valence-corrected chi connectivity index (χ0v) is 18.4. The van der Waals surface area contributed by atoms with Crippen LogP contribution in [-0.2, 0) is 6.18 Å². The van der Waals surface area contributed by atoms with Crippen molar-refractivity contribution in [3.8, 4) is 17.2 Å². The maximum absolute atomic E-state index is 13.5. The van der Waals surface area contributed by atoms with Crippen LogP contribution in [0.4, 0.5) is 13.2 Å². The zero-order valence-electron chi connectivity index (χ0n) is 18.4. The van der Waals surface area contributed by atoms with Crippen LogP contribution in [0.5, 0.6) is 11.5 Å². The van der Waals surface area contributed by atoms with Gasteiger partial charge in [0.1, 0.15) is 11.5 Å². The highest BCUT2D eigenvalue weighted by Crippen LogP contribution is 2.34. The molecule has 1 unspecified atom stereocenters. The number of nitrogens with zero attached hydrogens (tertiary/aromatic N) is 2. The average Bonchev–Trinajstić information content (AvgIpc) is 2.78. The number of carbonyl (C=O) groups is 1. The molecule has 174 valence electrons. The molecule has 33 heavy (non-hydrogen) atoms. The molecule has 1 heterocycles. The quantitative estimate of drug-likeness (QED) is 0.599. The van der Waals surface area contributed by atoms with Gasteiger partial charge in [0, 0.05) is 17.3 Å². The van der Waals surface area contributed by atoms with Crippen molar-refractivity contribution < 1.29 is 27.4 Å². The van der Waals surface area contributed by atoms with Crippen LogP contribution in [0.25, 0.3) is 5.69 Å². The Hall–Kier alpha value is -3.82. The summed E-state index contributed by atoms with van der Waals surface area (Å²) in [7, 11) is 2.96. The second-order valence-corrected chi connectivity index (χ2v) is 7.23. The van der Waals surface area contributed by atoms with Crippen molar-refractivity contribution in [2.75, 3.05) is 14.2 Å². The van der Waals surface area contributed by atoms with E-state index in [4.69, 9.17) is 9.47 Å². The summed E-state index contributed by atoms with van der Waals surface area (Å²) in [6.45, 7) is 3.11. The van der Waals surface area contributed by atoms with Crippen molar-refractivity contribution in [2.24, 2.45) is 0 Å². The number of carbonyl (C=O) groups excluding carboxylic acids is 1. The molecule has 0 bridgehead atoms. The van der Waals surface area contributed by atoms with Crippen LogP contribution in [0.3, 0.4) is 0 Å². The third-order valence-electron chi connectivity index (χ3n) is 5.01. The summed E-state index contributed by atoms with van der Waals surface area (Å²) in [5.74, 6) is 0.180. The Labute approximate surface area is 187 Å². The Morgan fingerprint density at radius 2 is 1.79 bits per heavy atom. The largest absolute Gasteiger partial charge is 0.497 e. The number of alkyl halides is 3. The maximum Gasteiger partial charge on any atom is 0.418 e. The predicted octanol–water partition coefficient (Wildman–Crippen LogP) is 4.07. The molecule has 1 atom stereocenters. The molecule has 0 fully saturated rings. The highest BCUT2D eigenvalue weighted by molar-refractivity contribution is 5.92. The Balaban J connectivity index is 2.01. The van der Waals surface area contributed by atoms with E-state index in [1.54, 1.807) is 25.1 Å². The minimum atomic E-state index is -4.65. The molecule has 0 aliphatic carbocycles. The normalized spacial score (nSPS) is 12.2. The van der Waals surface area contributed by atoms with Gasteiger partial charge in [0.05, 0.1) is 31.5 Å². The molecule has 0 aliphatic heterocycles. The van der Waals surface area contributed by atoms with Crippen molar-refractivity contribution in [1.29, 1.82) is 0 Å². The summed E-state index contributed by atoms with van der Waals surface area (Å²) in [6.07, 6.45) is -4.65. The molecule has 0 radical (unpaired) electrons. The van der Waals surface area contributed by atoms with Gasteiger partial charge in [-0.2, -0.15) is 18.3 Å². The van der Waals surface area contributed by atoms with Crippen molar-refractivity contribution in [3.63, 3.8) is 0 Å². The number of rotatable bonds is 6. The molecule has 1 amide bonds. The lowest BCUT2D eigenvalue weighted by Gasteiger charge is -2.19. The van der Waals surface area contributed by atoms with Crippen LogP contribution in [0, 0.1) is 6.92 Å². The van der Waals surface area contributed by atoms with Crippen LogP contribution in [0.15, 0.2) is 53.3 Å². The highest BCUT2D eigenvalue weighted by atomic mass is 19.4. The number of aryl methyl sites for hydroxylation is 1. The van der Waals surface area contributed by atoms with Gasteiger partial charge in [0.15, 0.2) is 5.69 Å². The minimum absolute atomic E-state index is 0.149. The van der Waals surface area contributed by atoms with Gasteiger partial charge in [-0.05, 0) is 44.2 Å². The van der Waals surface area contributed by atoms with Gasteiger partial charge in [-0.1, -0.05) is 12.1 Å². The first-order valence-corrected chi connectivity index (χ1v) is 9.87. The molecule has 0 saturated heterocycles. The summed E-state index contributed by atoms with van der Waals surface area (Å²) in [4.78, 5) is 25.4. The second-order valence-electron chi connectivity index (χ2n) is 7.23. The van der Waals surface area contributed by atoms with Crippen LogP contribution in [0.2, 0.25) is 0 Å². The monoisotopic (exact) mass is 461 g/mol. The van der Waals surface area contributed by atoms with E-state index in [-0.39, 0.29) is 11.4 Å². The van der Waals surface area contributed by atoms with E-state index in [9.17, 15) is 22.8 Å². The van der Waals surface area contributed by atoms with E-state index < -0.39 is 34.8 Å². The summed E-state index contributed by atoms with van der Waals surface area (Å²) < 4.78 is 51.9. The van der Waals surface area contributed by atoms with Gasteiger partial charge < -0.3 is 14.8 Å². The topological polar surface area (TPSA) is 82.4 Å². The standard InChI is InChI=1S/C23H22F3N3O4/c1-13-11-19(30)21(28-29(13)18-8-6-5-7-17(18)23(24,25)26)22(31)27-14(2)16-12-15(32-3)9-10-20(16)33-4/h5-12,14H,1-4H3,(H,27,31). The summed E-state index contributed by atoms with van der Waals surface area (Å²) in [5, 5.41) is 6.63. The number of ether oxygens (including phenoxy) is 2. The lowest BCUT2D eigenvalue weighted by atomic mass is 10.1. The lowest BCUT2D eigenvalue weighted by molar-refractivity contribution is -0.137. The van der Waals surface area contributed by atoms with Gasteiger partial charge in [-0.3, -0.25) is 9.59 Å². The fourth-order valence-electron chi connectivity index (χ4n) is 3.37.